The molecule has 0 amide bonds. The van der Waals surface area contributed by atoms with Crippen LogP contribution in [0.1, 0.15) is 37.7 Å². The molecule has 1 aromatic carbocycles. The zero-order valence-electron chi connectivity index (χ0n) is 9.15. The molecule has 0 heterocycles. The summed E-state index contributed by atoms with van der Waals surface area (Å²) >= 11 is 0. The Morgan fingerprint density at radius 1 is 1.07 bits per heavy atom. The second-order valence-electron chi connectivity index (χ2n) is 4.13. The number of hydrogen-bond acceptors (Lipinski definition) is 0. The molecule has 78 valence electrons. The molecule has 0 aromatic heterocycles. The third-order valence-corrected chi connectivity index (χ3v) is 2.87. The highest BCUT2D eigenvalue weighted by Gasteiger charge is 2.00. The summed E-state index contributed by atoms with van der Waals surface area (Å²) in [7, 11) is 0. The van der Waals surface area contributed by atoms with Gasteiger partial charge in [-0.2, -0.15) is 0 Å². The fourth-order valence-electron chi connectivity index (χ4n) is 2.00. The largest absolute Gasteiger partial charge is 0.0850 e. The van der Waals surface area contributed by atoms with Gasteiger partial charge < -0.3 is 0 Å². The van der Waals surface area contributed by atoms with Gasteiger partial charge in [-0.3, -0.25) is 0 Å². The molecule has 0 fully saturated rings. The minimum absolute atomic E-state index is 1.13. The summed E-state index contributed by atoms with van der Waals surface area (Å²) in [6.07, 6.45) is 13.4. The maximum absolute atomic E-state index is 2.42. The molecule has 1 aromatic rings. The monoisotopic (exact) mass is 198 g/mol. The van der Waals surface area contributed by atoms with Crippen LogP contribution in [0.25, 0.3) is 6.08 Å². The first-order valence-electron chi connectivity index (χ1n) is 5.84. The first-order valence-corrected chi connectivity index (χ1v) is 5.84. The molecule has 0 bridgehead atoms. The van der Waals surface area contributed by atoms with Crippen LogP contribution in [0.4, 0.5) is 0 Å². The van der Waals surface area contributed by atoms with Crippen LogP contribution in [0.3, 0.4) is 0 Å². The maximum Gasteiger partial charge on any atom is -0.0135 e. The average Bonchev–Trinajstić information content (AvgIpc) is 2.32. The molecule has 0 saturated carbocycles. The first kappa shape index (κ1) is 10.2. The van der Waals surface area contributed by atoms with E-state index in [1.807, 2.05) is 0 Å². The molecule has 0 radical (unpaired) electrons. The standard InChI is InChI=1S/C15H18/c1-3-8-14(9-4-1)12-7-13-15-10-5-2-6-11-15/h1,3-4,7-10,12H,2,5-6,11,13H2/b12-7+. The summed E-state index contributed by atoms with van der Waals surface area (Å²) in [4.78, 5) is 0. The molecule has 0 saturated heterocycles. The first-order chi connectivity index (χ1) is 7.45. The SMILES string of the molecule is C1=C(C/C=C/c2ccccc2)CCCC1. The van der Waals surface area contributed by atoms with E-state index in [1.54, 1.807) is 5.57 Å². The number of rotatable bonds is 3. The van der Waals surface area contributed by atoms with Gasteiger partial charge >= 0.3 is 0 Å². The summed E-state index contributed by atoms with van der Waals surface area (Å²) in [6, 6.07) is 10.5. The van der Waals surface area contributed by atoms with Crippen LogP contribution in [0, 0.1) is 0 Å². The maximum atomic E-state index is 2.42. The number of allylic oxidation sites excluding steroid dienone is 3. The van der Waals surface area contributed by atoms with Crippen molar-refractivity contribution in [3.63, 3.8) is 0 Å². The summed E-state index contributed by atoms with van der Waals surface area (Å²) in [5.41, 5.74) is 2.92. The Kier molecular flexibility index (Phi) is 3.78. The van der Waals surface area contributed by atoms with Gasteiger partial charge in [-0.1, -0.05) is 54.1 Å². The topological polar surface area (TPSA) is 0 Å². The van der Waals surface area contributed by atoms with Gasteiger partial charge in [-0.25, -0.2) is 0 Å². The molecular weight excluding hydrogens is 180 g/mol. The number of hydrogen-bond donors (Lipinski definition) is 0. The molecule has 0 nitrogen and oxygen atoms in total. The number of benzene rings is 1. The van der Waals surface area contributed by atoms with Crippen molar-refractivity contribution in [2.75, 3.05) is 0 Å². The van der Waals surface area contributed by atoms with Crippen molar-refractivity contribution >= 4 is 6.08 Å². The van der Waals surface area contributed by atoms with Gasteiger partial charge in [0, 0.05) is 0 Å². The van der Waals surface area contributed by atoms with Crippen LogP contribution in [-0.2, 0) is 0 Å². The van der Waals surface area contributed by atoms with Gasteiger partial charge in [0.1, 0.15) is 0 Å². The van der Waals surface area contributed by atoms with Gasteiger partial charge in [0.05, 0.1) is 0 Å². The Morgan fingerprint density at radius 2 is 1.93 bits per heavy atom. The minimum Gasteiger partial charge on any atom is -0.0850 e. The van der Waals surface area contributed by atoms with Crippen molar-refractivity contribution in [2.45, 2.75) is 32.1 Å². The molecule has 0 spiro atoms. The van der Waals surface area contributed by atoms with E-state index in [4.69, 9.17) is 0 Å². The van der Waals surface area contributed by atoms with Crippen molar-refractivity contribution in [1.82, 2.24) is 0 Å². The summed E-state index contributed by atoms with van der Waals surface area (Å²) in [6.45, 7) is 0. The summed E-state index contributed by atoms with van der Waals surface area (Å²) in [5.74, 6) is 0. The van der Waals surface area contributed by atoms with Gasteiger partial charge in [-0.05, 0) is 37.7 Å². The Morgan fingerprint density at radius 3 is 2.67 bits per heavy atom. The molecule has 2 rings (SSSR count). The average molecular weight is 198 g/mol. The zero-order chi connectivity index (χ0) is 10.3. The third kappa shape index (κ3) is 3.39. The van der Waals surface area contributed by atoms with Crippen LogP contribution in [0.15, 0.2) is 48.1 Å². The van der Waals surface area contributed by atoms with Gasteiger partial charge in [0.15, 0.2) is 0 Å². The quantitative estimate of drug-likeness (QED) is 0.623. The van der Waals surface area contributed by atoms with Crippen LogP contribution < -0.4 is 0 Å². The van der Waals surface area contributed by atoms with Crippen molar-refractivity contribution in [1.29, 1.82) is 0 Å². The van der Waals surface area contributed by atoms with Gasteiger partial charge in [0.2, 0.25) is 0 Å². The highest BCUT2D eigenvalue weighted by Crippen LogP contribution is 2.20. The Labute approximate surface area is 92.3 Å². The lowest BCUT2D eigenvalue weighted by Gasteiger charge is -2.09. The molecule has 15 heavy (non-hydrogen) atoms. The Balaban J connectivity index is 1.87. The minimum atomic E-state index is 1.13. The summed E-state index contributed by atoms with van der Waals surface area (Å²) in [5, 5.41) is 0. The Hall–Kier alpha value is -1.30. The predicted octanol–water partition coefficient (Wildman–Crippen LogP) is 4.59. The highest BCUT2D eigenvalue weighted by molar-refractivity contribution is 5.49. The van der Waals surface area contributed by atoms with Gasteiger partial charge in [-0.15, -0.1) is 0 Å². The molecule has 0 N–H and O–H groups in total. The van der Waals surface area contributed by atoms with Crippen LogP contribution in [-0.4, -0.2) is 0 Å². The third-order valence-electron chi connectivity index (χ3n) is 2.87. The van der Waals surface area contributed by atoms with E-state index in [0.717, 1.165) is 6.42 Å². The zero-order valence-corrected chi connectivity index (χ0v) is 9.15. The van der Waals surface area contributed by atoms with E-state index >= 15 is 0 Å². The second-order valence-corrected chi connectivity index (χ2v) is 4.13. The van der Waals surface area contributed by atoms with Crippen LogP contribution in [0.2, 0.25) is 0 Å². The smallest absolute Gasteiger partial charge is 0.0135 e. The second kappa shape index (κ2) is 5.55. The lowest BCUT2D eigenvalue weighted by Crippen LogP contribution is -1.89. The normalized spacial score (nSPS) is 16.7. The molecule has 1 aliphatic carbocycles. The molecule has 0 atom stereocenters. The van der Waals surface area contributed by atoms with E-state index < -0.39 is 0 Å². The van der Waals surface area contributed by atoms with Crippen molar-refractivity contribution in [3.8, 4) is 0 Å². The van der Waals surface area contributed by atoms with Crippen molar-refractivity contribution < 1.29 is 0 Å². The molecule has 0 unspecified atom stereocenters. The highest BCUT2D eigenvalue weighted by atomic mass is 14.1. The lowest BCUT2D eigenvalue weighted by molar-refractivity contribution is 0.691. The predicted molar refractivity (Wildman–Crippen MR) is 66.6 cm³/mol. The van der Waals surface area contributed by atoms with E-state index in [1.165, 1.54) is 31.2 Å². The van der Waals surface area contributed by atoms with Crippen molar-refractivity contribution in [2.24, 2.45) is 0 Å². The fraction of sp³-hybridized carbons (Fsp3) is 0.333. The molecule has 0 heteroatoms. The molecule has 1 aliphatic rings. The van der Waals surface area contributed by atoms with E-state index in [9.17, 15) is 0 Å². The fourth-order valence-corrected chi connectivity index (χ4v) is 2.00. The van der Waals surface area contributed by atoms with E-state index in [2.05, 4.69) is 48.6 Å². The summed E-state index contributed by atoms with van der Waals surface area (Å²) < 4.78 is 0. The lowest BCUT2D eigenvalue weighted by atomic mass is 9.97. The van der Waals surface area contributed by atoms with Crippen LogP contribution in [0.5, 0.6) is 0 Å². The molecule has 0 aliphatic heterocycles. The Bertz CT molecular complexity index is 344. The van der Waals surface area contributed by atoms with E-state index in [0.29, 0.717) is 0 Å². The van der Waals surface area contributed by atoms with Crippen LogP contribution >= 0.6 is 0 Å². The molecular formula is C15H18. The van der Waals surface area contributed by atoms with Crippen molar-refractivity contribution in [3.05, 3.63) is 53.6 Å². The van der Waals surface area contributed by atoms with E-state index in [-0.39, 0.29) is 0 Å². The van der Waals surface area contributed by atoms with Gasteiger partial charge in [0.25, 0.3) is 0 Å².